The summed E-state index contributed by atoms with van der Waals surface area (Å²) in [6, 6.07) is 6.03. The van der Waals surface area contributed by atoms with E-state index >= 15 is 0 Å². The van der Waals surface area contributed by atoms with Crippen LogP contribution >= 0.6 is 0 Å². The van der Waals surface area contributed by atoms with Gasteiger partial charge in [0.15, 0.2) is 0 Å². The van der Waals surface area contributed by atoms with Crippen molar-refractivity contribution < 1.29 is 9.53 Å². The van der Waals surface area contributed by atoms with Crippen LogP contribution in [0.25, 0.3) is 0 Å². The first-order chi connectivity index (χ1) is 9.27. The van der Waals surface area contributed by atoms with E-state index in [1.807, 2.05) is 18.3 Å². The van der Waals surface area contributed by atoms with Crippen molar-refractivity contribution in [3.05, 3.63) is 30.1 Å². The van der Waals surface area contributed by atoms with Crippen molar-refractivity contribution in [2.75, 3.05) is 20.3 Å². The molecule has 1 N–H and O–H groups in total. The maximum atomic E-state index is 11.7. The second-order valence-corrected chi connectivity index (χ2v) is 5.22. The van der Waals surface area contributed by atoms with E-state index in [2.05, 4.69) is 16.4 Å². The van der Waals surface area contributed by atoms with Gasteiger partial charge in [-0.05, 0) is 25.0 Å². The summed E-state index contributed by atoms with van der Waals surface area (Å²) in [6.07, 6.45) is 6.90. The monoisotopic (exact) mass is 262 g/mol. The number of carbonyl (C=O) groups excluding carboxylic acids is 1. The Balaban J connectivity index is 1.99. The third kappa shape index (κ3) is 3.53. The highest BCUT2D eigenvalue weighted by molar-refractivity contribution is 5.76. The van der Waals surface area contributed by atoms with Gasteiger partial charge in [-0.2, -0.15) is 0 Å². The molecule has 19 heavy (non-hydrogen) atoms. The summed E-state index contributed by atoms with van der Waals surface area (Å²) in [7, 11) is 1.61. The molecule has 4 heteroatoms. The smallest absolute Gasteiger partial charge is 0.222 e. The standard InChI is InChI=1S/C15H22N2O2/c1-19-11-7-14(18)17-12-15(8-3-4-9-15)13-6-2-5-10-16-13/h2,5-6,10H,3-4,7-9,11-12H2,1H3,(H,17,18). The Morgan fingerprint density at radius 3 is 2.84 bits per heavy atom. The lowest BCUT2D eigenvalue weighted by Gasteiger charge is -2.28. The maximum absolute atomic E-state index is 11.7. The van der Waals surface area contributed by atoms with E-state index in [9.17, 15) is 4.79 Å². The van der Waals surface area contributed by atoms with Crippen LogP contribution in [0.4, 0.5) is 0 Å². The van der Waals surface area contributed by atoms with Gasteiger partial charge in [-0.25, -0.2) is 0 Å². The van der Waals surface area contributed by atoms with Crippen molar-refractivity contribution in [3.8, 4) is 0 Å². The van der Waals surface area contributed by atoms with Gasteiger partial charge in [-0.1, -0.05) is 18.9 Å². The average Bonchev–Trinajstić information content (AvgIpc) is 2.94. The number of carbonyl (C=O) groups is 1. The lowest BCUT2D eigenvalue weighted by Crippen LogP contribution is -2.39. The van der Waals surface area contributed by atoms with Crippen LogP contribution in [0.1, 0.15) is 37.8 Å². The molecule has 1 saturated carbocycles. The molecule has 1 aliphatic rings. The highest BCUT2D eigenvalue weighted by atomic mass is 16.5. The number of hydrogen-bond acceptors (Lipinski definition) is 3. The molecule has 1 amide bonds. The molecule has 0 saturated heterocycles. The van der Waals surface area contributed by atoms with Crippen LogP contribution in [-0.4, -0.2) is 31.2 Å². The molecule has 1 heterocycles. The first kappa shape index (κ1) is 14.0. The molecule has 2 rings (SSSR count). The summed E-state index contributed by atoms with van der Waals surface area (Å²) in [4.78, 5) is 16.2. The summed E-state index contributed by atoms with van der Waals surface area (Å²) in [6.45, 7) is 1.16. The Morgan fingerprint density at radius 1 is 1.42 bits per heavy atom. The fraction of sp³-hybridized carbons (Fsp3) is 0.600. The molecule has 1 fully saturated rings. The van der Waals surface area contributed by atoms with Crippen molar-refractivity contribution >= 4 is 5.91 Å². The zero-order valence-electron chi connectivity index (χ0n) is 11.5. The van der Waals surface area contributed by atoms with E-state index in [0.717, 1.165) is 18.5 Å². The maximum Gasteiger partial charge on any atom is 0.222 e. The number of amides is 1. The summed E-state index contributed by atoms with van der Waals surface area (Å²) >= 11 is 0. The third-order valence-electron chi connectivity index (χ3n) is 3.93. The number of ether oxygens (including phenoxy) is 1. The Labute approximate surface area is 114 Å². The van der Waals surface area contributed by atoms with Gasteiger partial charge in [0.05, 0.1) is 6.61 Å². The molecular formula is C15H22N2O2. The molecule has 104 valence electrons. The number of pyridine rings is 1. The van der Waals surface area contributed by atoms with Crippen molar-refractivity contribution in [1.82, 2.24) is 10.3 Å². The van der Waals surface area contributed by atoms with E-state index in [4.69, 9.17) is 4.74 Å². The normalized spacial score (nSPS) is 17.3. The second-order valence-electron chi connectivity index (χ2n) is 5.22. The lowest BCUT2D eigenvalue weighted by atomic mass is 9.82. The van der Waals surface area contributed by atoms with E-state index in [-0.39, 0.29) is 11.3 Å². The molecule has 4 nitrogen and oxygen atoms in total. The van der Waals surface area contributed by atoms with E-state index in [1.165, 1.54) is 12.8 Å². The molecular weight excluding hydrogens is 240 g/mol. The summed E-state index contributed by atoms with van der Waals surface area (Å²) in [5, 5.41) is 3.04. The number of rotatable bonds is 6. The molecule has 0 aromatic carbocycles. The Bertz CT molecular complexity index is 400. The van der Waals surface area contributed by atoms with Gasteiger partial charge >= 0.3 is 0 Å². The zero-order valence-corrected chi connectivity index (χ0v) is 11.5. The number of nitrogens with zero attached hydrogens (tertiary/aromatic N) is 1. The first-order valence-corrected chi connectivity index (χ1v) is 6.94. The minimum atomic E-state index is 0.0317. The van der Waals surface area contributed by atoms with Gasteiger partial charge in [-0.3, -0.25) is 9.78 Å². The van der Waals surface area contributed by atoms with Crippen LogP contribution in [0.15, 0.2) is 24.4 Å². The largest absolute Gasteiger partial charge is 0.384 e. The Morgan fingerprint density at radius 2 is 2.21 bits per heavy atom. The minimum Gasteiger partial charge on any atom is -0.384 e. The molecule has 0 unspecified atom stereocenters. The molecule has 0 spiro atoms. The van der Waals surface area contributed by atoms with Gasteiger partial charge in [0.2, 0.25) is 5.91 Å². The number of hydrogen-bond donors (Lipinski definition) is 1. The topological polar surface area (TPSA) is 51.2 Å². The van der Waals surface area contributed by atoms with Gasteiger partial charge in [0.1, 0.15) is 0 Å². The molecule has 0 aliphatic heterocycles. The van der Waals surface area contributed by atoms with E-state index in [0.29, 0.717) is 19.6 Å². The fourth-order valence-corrected chi connectivity index (χ4v) is 2.80. The second kappa shape index (κ2) is 6.66. The summed E-state index contributed by atoms with van der Waals surface area (Å²) in [5.74, 6) is 0.0593. The van der Waals surface area contributed by atoms with Gasteiger partial charge in [-0.15, -0.1) is 0 Å². The quantitative estimate of drug-likeness (QED) is 0.853. The van der Waals surface area contributed by atoms with Gasteiger partial charge in [0.25, 0.3) is 0 Å². The summed E-state index contributed by atoms with van der Waals surface area (Å²) in [5.41, 5.74) is 1.14. The number of aromatic nitrogens is 1. The Kier molecular flexibility index (Phi) is 4.91. The SMILES string of the molecule is COCCC(=O)NCC1(c2ccccn2)CCCC1. The molecule has 0 bridgehead atoms. The van der Waals surface area contributed by atoms with Crippen molar-refractivity contribution in [2.24, 2.45) is 0 Å². The number of methoxy groups -OCH3 is 1. The van der Waals surface area contributed by atoms with Crippen LogP contribution in [0, 0.1) is 0 Å². The predicted molar refractivity (Wildman–Crippen MR) is 73.9 cm³/mol. The fourth-order valence-electron chi connectivity index (χ4n) is 2.80. The lowest BCUT2D eigenvalue weighted by molar-refractivity contribution is -0.122. The third-order valence-corrected chi connectivity index (χ3v) is 3.93. The van der Waals surface area contributed by atoms with Crippen LogP contribution in [-0.2, 0) is 14.9 Å². The minimum absolute atomic E-state index is 0.0317. The van der Waals surface area contributed by atoms with Crippen molar-refractivity contribution in [1.29, 1.82) is 0 Å². The predicted octanol–water partition coefficient (Wildman–Crippen LogP) is 2.05. The average molecular weight is 262 g/mol. The highest BCUT2D eigenvalue weighted by Gasteiger charge is 2.36. The molecule has 1 aliphatic carbocycles. The zero-order chi connectivity index (χ0) is 13.6. The molecule has 0 radical (unpaired) electrons. The molecule has 1 aromatic rings. The van der Waals surface area contributed by atoms with Crippen molar-refractivity contribution in [2.45, 2.75) is 37.5 Å². The first-order valence-electron chi connectivity index (χ1n) is 6.94. The van der Waals surface area contributed by atoms with Crippen LogP contribution in [0.3, 0.4) is 0 Å². The van der Waals surface area contributed by atoms with Gasteiger partial charge < -0.3 is 10.1 Å². The van der Waals surface area contributed by atoms with E-state index < -0.39 is 0 Å². The number of nitrogens with one attached hydrogen (secondary N) is 1. The van der Waals surface area contributed by atoms with E-state index in [1.54, 1.807) is 7.11 Å². The molecule has 1 aromatic heterocycles. The highest BCUT2D eigenvalue weighted by Crippen LogP contribution is 2.39. The van der Waals surface area contributed by atoms with Crippen LogP contribution < -0.4 is 5.32 Å². The summed E-state index contributed by atoms with van der Waals surface area (Å²) < 4.78 is 4.92. The van der Waals surface area contributed by atoms with Crippen LogP contribution in [0.5, 0.6) is 0 Å². The van der Waals surface area contributed by atoms with Gasteiger partial charge in [0, 0.05) is 37.4 Å². The Hall–Kier alpha value is -1.42. The van der Waals surface area contributed by atoms with Crippen LogP contribution in [0.2, 0.25) is 0 Å². The van der Waals surface area contributed by atoms with Crippen molar-refractivity contribution in [3.63, 3.8) is 0 Å². The molecule has 0 atom stereocenters.